The maximum atomic E-state index is 14.3. The molecule has 1 aromatic carbocycles. The minimum Gasteiger partial charge on any atom is -0.508 e. The summed E-state index contributed by atoms with van der Waals surface area (Å²) in [6, 6.07) is -1.22. The minimum absolute atomic E-state index is 0.0191. The van der Waals surface area contributed by atoms with Crippen LogP contribution in [-0.2, 0) is 41.6 Å². The van der Waals surface area contributed by atoms with E-state index in [9.17, 15) is 39.0 Å². The largest absolute Gasteiger partial charge is 0.508 e. The molecule has 2 aliphatic rings. The first kappa shape index (κ1) is 48.8. The minimum atomic E-state index is -1.23. The lowest BCUT2D eigenvalue weighted by atomic mass is 9.95. The summed E-state index contributed by atoms with van der Waals surface area (Å²) in [7, 11) is 0. The van der Waals surface area contributed by atoms with Gasteiger partial charge in [0.05, 0.1) is 6.04 Å². The average molecular weight is 827 g/mol. The van der Waals surface area contributed by atoms with E-state index in [0.717, 1.165) is 25.9 Å². The molecule has 7 atom stereocenters. The molecule has 0 aromatic heterocycles. The summed E-state index contributed by atoms with van der Waals surface area (Å²) in [6.45, 7) is 9.49. The summed E-state index contributed by atoms with van der Waals surface area (Å²) >= 11 is 0. The molecule has 16 nitrogen and oxygen atoms in total. The molecule has 11 N–H and O–H groups in total. The Hall–Kier alpha value is -4.54. The maximum Gasteiger partial charge on any atom is 0.326 e. The molecule has 0 radical (unpaired) electrons. The highest BCUT2D eigenvalue weighted by Gasteiger charge is 2.40. The van der Waals surface area contributed by atoms with E-state index in [1.54, 1.807) is 25.1 Å². The third-order valence-electron chi connectivity index (χ3n) is 11.2. The summed E-state index contributed by atoms with van der Waals surface area (Å²) in [5, 5.41) is 35.1. The van der Waals surface area contributed by atoms with Gasteiger partial charge in [-0.25, -0.2) is 4.79 Å². The molecule has 5 amide bonds. The third kappa shape index (κ3) is 15.9. The van der Waals surface area contributed by atoms with Gasteiger partial charge >= 0.3 is 5.97 Å². The Bertz CT molecular complexity index is 1590. The zero-order valence-corrected chi connectivity index (χ0v) is 35.5. The standard InChI is InChI=1S/C43H70N8O8/c1-5-28(4)37(41(56)49-34(43(58)59)24-27(2)3)50-39(54)33-26-29-18-19-36(52)30(25-29)14-7-6-11-21-46-22-12-9-15-31(45)38(53)47-32(16-8-10-20-44)42(57)51-23-13-17-35(51)40(55)48-33/h6-7,18-19,25,27-28,31-35,37,46,52H,5,8-17,20-24,26,44-45H2,1-4H3,(H,47,53)(H,48,55)(H,49,56)(H,50,54)(H,58,59)/t28-,31-,32-,33+,34-,35-,37-/m0/s1. The van der Waals surface area contributed by atoms with Crippen LogP contribution in [0.1, 0.15) is 109 Å². The molecule has 0 saturated carbocycles. The van der Waals surface area contributed by atoms with Crippen LogP contribution in [0.2, 0.25) is 0 Å². The Morgan fingerprint density at radius 2 is 1.73 bits per heavy atom. The van der Waals surface area contributed by atoms with E-state index in [1.807, 2.05) is 32.9 Å². The average Bonchev–Trinajstić information content (AvgIpc) is 3.70. The lowest BCUT2D eigenvalue weighted by Crippen LogP contribution is -2.60. The highest BCUT2D eigenvalue weighted by molar-refractivity contribution is 5.96. The molecule has 0 unspecified atom stereocenters. The third-order valence-corrected chi connectivity index (χ3v) is 11.2. The number of hydrogen-bond acceptors (Lipinski definition) is 10. The molecular formula is C43H70N8O8. The van der Waals surface area contributed by atoms with E-state index in [2.05, 4.69) is 26.6 Å². The first-order valence-electron chi connectivity index (χ1n) is 21.5. The van der Waals surface area contributed by atoms with Crippen LogP contribution in [0.3, 0.4) is 0 Å². The number of nitrogens with one attached hydrogen (secondary N) is 5. The number of aliphatic carboxylic acids is 1. The van der Waals surface area contributed by atoms with Crippen LogP contribution in [-0.4, -0.2) is 113 Å². The quantitative estimate of drug-likeness (QED) is 0.102. The van der Waals surface area contributed by atoms with E-state index in [4.69, 9.17) is 11.5 Å². The molecule has 330 valence electrons. The number of aromatic hydroxyl groups is 1. The summed E-state index contributed by atoms with van der Waals surface area (Å²) in [5.41, 5.74) is 13.3. The number of carbonyl (C=O) groups excluding carboxylic acids is 5. The highest BCUT2D eigenvalue weighted by atomic mass is 16.4. The topological polar surface area (TPSA) is 258 Å². The van der Waals surface area contributed by atoms with Gasteiger partial charge in [0.1, 0.15) is 36.0 Å². The predicted molar refractivity (Wildman–Crippen MR) is 226 cm³/mol. The van der Waals surface area contributed by atoms with E-state index in [-0.39, 0.29) is 31.1 Å². The molecule has 3 rings (SSSR count). The van der Waals surface area contributed by atoms with Crippen molar-refractivity contribution in [3.63, 3.8) is 0 Å². The lowest BCUT2D eigenvalue weighted by molar-refractivity contribution is -0.143. The number of fused-ring (bicyclic) bond motifs is 3. The van der Waals surface area contributed by atoms with E-state index in [1.165, 1.54) is 4.90 Å². The zero-order chi connectivity index (χ0) is 43.5. The van der Waals surface area contributed by atoms with Crippen LogP contribution in [0.15, 0.2) is 30.4 Å². The first-order chi connectivity index (χ1) is 28.2. The fourth-order valence-electron chi connectivity index (χ4n) is 7.47. The van der Waals surface area contributed by atoms with Gasteiger partial charge in [-0.05, 0) is 113 Å². The highest BCUT2D eigenvalue weighted by Crippen LogP contribution is 2.23. The fraction of sp³-hybridized carbons (Fsp3) is 0.674. The van der Waals surface area contributed by atoms with Gasteiger partial charge in [0.25, 0.3) is 0 Å². The number of phenolic OH excluding ortho intramolecular Hbond substituents is 1. The van der Waals surface area contributed by atoms with Crippen LogP contribution >= 0.6 is 0 Å². The van der Waals surface area contributed by atoms with E-state index < -0.39 is 77.7 Å². The van der Waals surface area contributed by atoms with E-state index >= 15 is 0 Å². The summed E-state index contributed by atoms with van der Waals surface area (Å²) in [4.78, 5) is 83.2. The smallest absolute Gasteiger partial charge is 0.326 e. The van der Waals surface area contributed by atoms with E-state index in [0.29, 0.717) is 75.5 Å². The number of allylic oxidation sites excluding steroid dienone is 1. The number of carboxylic acids is 1. The SMILES string of the molecule is CC[C@H](C)[C@H](NC(=O)[C@H]1Cc2ccc(O)c(c2)CC=CCCNCCCC[C@H](N)C(=O)N[C@@H](CCCCN)C(=O)N2CCC[C@H]2C(=O)N1)C(=O)N[C@@H](CC(C)C)C(=O)O. The predicted octanol–water partition coefficient (Wildman–Crippen LogP) is 1.76. The van der Waals surface area contributed by atoms with Crippen LogP contribution < -0.4 is 38.1 Å². The van der Waals surface area contributed by atoms with Crippen LogP contribution in [0.4, 0.5) is 0 Å². The number of carboxylic acid groups (broad SMARTS) is 1. The molecule has 59 heavy (non-hydrogen) atoms. The number of rotatable bonds is 13. The molecule has 16 heteroatoms. The Morgan fingerprint density at radius 1 is 0.966 bits per heavy atom. The second-order valence-corrected chi connectivity index (χ2v) is 16.5. The van der Waals surface area contributed by atoms with Crippen LogP contribution in [0, 0.1) is 11.8 Å². The molecule has 1 fully saturated rings. The summed E-state index contributed by atoms with van der Waals surface area (Å²) in [5.74, 6) is -4.28. The Kier molecular flexibility index (Phi) is 20.8. The molecule has 2 aliphatic heterocycles. The number of nitrogens with two attached hydrogens (primary N) is 2. The number of carbonyl (C=O) groups is 6. The van der Waals surface area contributed by atoms with Gasteiger partial charge in [0.15, 0.2) is 0 Å². The monoisotopic (exact) mass is 827 g/mol. The first-order valence-corrected chi connectivity index (χ1v) is 21.5. The Balaban J connectivity index is 2.00. The molecule has 1 aromatic rings. The lowest BCUT2D eigenvalue weighted by Gasteiger charge is -2.31. The number of amides is 5. The van der Waals surface area contributed by atoms with Gasteiger partial charge in [-0.1, -0.05) is 64.8 Å². The van der Waals surface area contributed by atoms with Crippen molar-refractivity contribution in [3.05, 3.63) is 41.5 Å². The number of hydrogen-bond donors (Lipinski definition) is 9. The Morgan fingerprint density at radius 3 is 2.42 bits per heavy atom. The normalized spacial score (nSPS) is 23.2. The van der Waals surface area contributed by atoms with Crippen molar-refractivity contribution in [1.82, 2.24) is 31.5 Å². The van der Waals surface area contributed by atoms with Crippen molar-refractivity contribution in [2.75, 3.05) is 26.2 Å². The number of phenols is 1. The van der Waals surface area contributed by atoms with Crippen molar-refractivity contribution >= 4 is 35.5 Å². The fourth-order valence-corrected chi connectivity index (χ4v) is 7.47. The van der Waals surface area contributed by atoms with Crippen LogP contribution in [0.25, 0.3) is 0 Å². The zero-order valence-electron chi connectivity index (χ0n) is 35.5. The van der Waals surface area contributed by atoms with Gasteiger partial charge < -0.3 is 53.2 Å². The van der Waals surface area contributed by atoms with Gasteiger partial charge in [0.2, 0.25) is 29.5 Å². The van der Waals surface area contributed by atoms with Crippen molar-refractivity contribution in [3.8, 4) is 5.75 Å². The molecule has 0 spiro atoms. The second kappa shape index (κ2) is 25.2. The van der Waals surface area contributed by atoms with Gasteiger partial charge in [0, 0.05) is 13.0 Å². The second-order valence-electron chi connectivity index (χ2n) is 16.5. The number of benzene rings is 1. The molecule has 1 saturated heterocycles. The maximum absolute atomic E-state index is 14.3. The van der Waals surface area contributed by atoms with Gasteiger partial charge in [-0.2, -0.15) is 0 Å². The molecule has 2 bridgehead atoms. The summed E-state index contributed by atoms with van der Waals surface area (Å²) < 4.78 is 0. The van der Waals surface area contributed by atoms with Crippen molar-refractivity contribution in [2.45, 2.75) is 147 Å². The van der Waals surface area contributed by atoms with Crippen molar-refractivity contribution in [2.24, 2.45) is 23.3 Å². The Labute approximate surface area is 349 Å². The molecule has 0 aliphatic carbocycles. The van der Waals surface area contributed by atoms with Gasteiger partial charge in [-0.3, -0.25) is 24.0 Å². The van der Waals surface area contributed by atoms with Crippen LogP contribution in [0.5, 0.6) is 5.75 Å². The summed E-state index contributed by atoms with van der Waals surface area (Å²) in [6.07, 6.45) is 10.1. The van der Waals surface area contributed by atoms with Crippen molar-refractivity contribution < 1.29 is 39.0 Å². The van der Waals surface area contributed by atoms with Gasteiger partial charge in [-0.15, -0.1) is 0 Å². The van der Waals surface area contributed by atoms with Crippen molar-refractivity contribution in [1.29, 1.82) is 0 Å². The molecular weight excluding hydrogens is 757 g/mol. The molecule has 2 heterocycles. The number of nitrogens with zero attached hydrogens (tertiary/aromatic N) is 1. The number of unbranched alkanes of at least 4 members (excludes halogenated alkanes) is 1.